The van der Waals surface area contributed by atoms with Gasteiger partial charge in [-0.05, 0) is 45.4 Å². The van der Waals surface area contributed by atoms with E-state index in [-0.39, 0.29) is 11.9 Å². The van der Waals surface area contributed by atoms with Gasteiger partial charge in [0.2, 0.25) is 0 Å². The van der Waals surface area contributed by atoms with Crippen LogP contribution >= 0.6 is 0 Å². The minimum atomic E-state index is -0.00970. The van der Waals surface area contributed by atoms with Gasteiger partial charge in [0.05, 0.1) is 0 Å². The SMILES string of the molecule is Cc1ccc(C(=O)NC(C)CCCN)cc1. The molecule has 0 aliphatic rings. The molecule has 0 saturated carbocycles. The molecule has 0 aliphatic heterocycles. The number of rotatable bonds is 5. The highest BCUT2D eigenvalue weighted by Gasteiger charge is 2.08. The third-order valence-electron chi connectivity index (χ3n) is 2.53. The fourth-order valence-corrected chi connectivity index (χ4v) is 1.51. The van der Waals surface area contributed by atoms with E-state index in [0.717, 1.165) is 18.4 Å². The molecule has 0 aromatic heterocycles. The van der Waals surface area contributed by atoms with Gasteiger partial charge in [0, 0.05) is 11.6 Å². The number of benzene rings is 1. The van der Waals surface area contributed by atoms with Crippen LogP contribution in [0.1, 0.15) is 35.7 Å². The Morgan fingerprint density at radius 1 is 1.38 bits per heavy atom. The number of amides is 1. The molecule has 1 unspecified atom stereocenters. The molecule has 1 aromatic carbocycles. The molecule has 1 atom stereocenters. The molecular formula is C13H20N2O. The van der Waals surface area contributed by atoms with Crippen LogP contribution in [0, 0.1) is 6.92 Å². The first-order chi connectivity index (χ1) is 7.63. The van der Waals surface area contributed by atoms with Gasteiger partial charge in [0.25, 0.3) is 5.91 Å². The highest BCUT2D eigenvalue weighted by molar-refractivity contribution is 5.94. The molecule has 0 heterocycles. The van der Waals surface area contributed by atoms with Crippen molar-refractivity contribution in [1.29, 1.82) is 0 Å². The molecule has 16 heavy (non-hydrogen) atoms. The Bertz CT molecular complexity index is 332. The summed E-state index contributed by atoms with van der Waals surface area (Å²) < 4.78 is 0. The zero-order valence-corrected chi connectivity index (χ0v) is 9.99. The summed E-state index contributed by atoms with van der Waals surface area (Å²) in [6.07, 6.45) is 1.86. The molecule has 0 saturated heterocycles. The lowest BCUT2D eigenvalue weighted by molar-refractivity contribution is 0.0938. The molecule has 0 fully saturated rings. The monoisotopic (exact) mass is 220 g/mol. The van der Waals surface area contributed by atoms with Crippen molar-refractivity contribution in [2.24, 2.45) is 5.73 Å². The van der Waals surface area contributed by atoms with E-state index in [2.05, 4.69) is 5.32 Å². The fraction of sp³-hybridized carbons (Fsp3) is 0.462. The number of hydrogen-bond acceptors (Lipinski definition) is 2. The first-order valence-corrected chi connectivity index (χ1v) is 5.71. The van der Waals surface area contributed by atoms with E-state index in [9.17, 15) is 4.79 Å². The normalized spacial score (nSPS) is 12.2. The van der Waals surface area contributed by atoms with Crippen molar-refractivity contribution in [3.8, 4) is 0 Å². The Morgan fingerprint density at radius 3 is 2.56 bits per heavy atom. The van der Waals surface area contributed by atoms with E-state index in [1.54, 1.807) is 0 Å². The number of nitrogens with two attached hydrogens (primary N) is 1. The smallest absolute Gasteiger partial charge is 0.251 e. The number of carbonyl (C=O) groups excluding carboxylic acids is 1. The third-order valence-corrected chi connectivity index (χ3v) is 2.53. The van der Waals surface area contributed by atoms with Gasteiger partial charge in [-0.15, -0.1) is 0 Å². The lowest BCUT2D eigenvalue weighted by Crippen LogP contribution is -2.32. The molecule has 0 aliphatic carbocycles. The quantitative estimate of drug-likeness (QED) is 0.795. The summed E-state index contributed by atoms with van der Waals surface area (Å²) in [5.41, 5.74) is 7.30. The highest BCUT2D eigenvalue weighted by atomic mass is 16.1. The molecule has 88 valence electrons. The zero-order valence-electron chi connectivity index (χ0n) is 9.99. The summed E-state index contributed by atoms with van der Waals surface area (Å²) in [6.45, 7) is 4.68. The lowest BCUT2D eigenvalue weighted by atomic mass is 10.1. The first kappa shape index (κ1) is 12.7. The van der Waals surface area contributed by atoms with Crippen LogP contribution in [0.15, 0.2) is 24.3 Å². The van der Waals surface area contributed by atoms with Gasteiger partial charge in [-0.1, -0.05) is 17.7 Å². The van der Waals surface area contributed by atoms with Gasteiger partial charge in [0.1, 0.15) is 0 Å². The molecule has 1 aromatic rings. The van der Waals surface area contributed by atoms with Crippen LogP contribution in [0.4, 0.5) is 0 Å². The van der Waals surface area contributed by atoms with Crippen LogP contribution in [-0.2, 0) is 0 Å². The van der Waals surface area contributed by atoms with Gasteiger partial charge in [-0.25, -0.2) is 0 Å². The van der Waals surface area contributed by atoms with E-state index in [4.69, 9.17) is 5.73 Å². The van der Waals surface area contributed by atoms with Crippen molar-refractivity contribution in [3.63, 3.8) is 0 Å². The molecule has 1 rings (SSSR count). The van der Waals surface area contributed by atoms with Crippen LogP contribution in [0.3, 0.4) is 0 Å². The molecule has 0 bridgehead atoms. The van der Waals surface area contributed by atoms with E-state index in [1.807, 2.05) is 38.1 Å². The van der Waals surface area contributed by atoms with Crippen LogP contribution in [0.5, 0.6) is 0 Å². The van der Waals surface area contributed by atoms with Crippen molar-refractivity contribution in [1.82, 2.24) is 5.32 Å². The average Bonchev–Trinajstić information content (AvgIpc) is 2.27. The van der Waals surface area contributed by atoms with Gasteiger partial charge in [-0.3, -0.25) is 4.79 Å². The summed E-state index contributed by atoms with van der Waals surface area (Å²) >= 11 is 0. The molecular weight excluding hydrogens is 200 g/mol. The van der Waals surface area contributed by atoms with E-state index in [1.165, 1.54) is 0 Å². The zero-order chi connectivity index (χ0) is 12.0. The Hall–Kier alpha value is -1.35. The van der Waals surface area contributed by atoms with Crippen molar-refractivity contribution in [2.45, 2.75) is 32.7 Å². The molecule has 0 radical (unpaired) electrons. The van der Waals surface area contributed by atoms with Gasteiger partial charge in [-0.2, -0.15) is 0 Å². The summed E-state index contributed by atoms with van der Waals surface area (Å²) in [6, 6.07) is 7.76. The summed E-state index contributed by atoms with van der Waals surface area (Å²) in [7, 11) is 0. The Balaban J connectivity index is 2.48. The number of aryl methyl sites for hydroxylation is 1. The van der Waals surface area contributed by atoms with Crippen LogP contribution in [0.25, 0.3) is 0 Å². The van der Waals surface area contributed by atoms with Crippen molar-refractivity contribution < 1.29 is 4.79 Å². The molecule has 1 amide bonds. The Morgan fingerprint density at radius 2 is 2.00 bits per heavy atom. The molecule has 3 nitrogen and oxygen atoms in total. The van der Waals surface area contributed by atoms with Crippen molar-refractivity contribution in [2.75, 3.05) is 6.54 Å². The lowest BCUT2D eigenvalue weighted by Gasteiger charge is -2.13. The standard InChI is InChI=1S/C13H20N2O/c1-10-5-7-12(8-6-10)13(16)15-11(2)4-3-9-14/h5-8,11H,3-4,9,14H2,1-2H3,(H,15,16). The predicted octanol–water partition coefficient (Wildman–Crippen LogP) is 1.85. The van der Waals surface area contributed by atoms with Gasteiger partial charge >= 0.3 is 0 Å². The van der Waals surface area contributed by atoms with Gasteiger partial charge in [0.15, 0.2) is 0 Å². The maximum Gasteiger partial charge on any atom is 0.251 e. The van der Waals surface area contributed by atoms with Gasteiger partial charge < -0.3 is 11.1 Å². The minimum absolute atomic E-state index is 0.00970. The summed E-state index contributed by atoms with van der Waals surface area (Å²) in [5.74, 6) is -0.00970. The first-order valence-electron chi connectivity index (χ1n) is 5.71. The van der Waals surface area contributed by atoms with E-state index >= 15 is 0 Å². The number of hydrogen-bond donors (Lipinski definition) is 2. The second-order valence-electron chi connectivity index (χ2n) is 4.17. The van der Waals surface area contributed by atoms with Crippen molar-refractivity contribution in [3.05, 3.63) is 35.4 Å². The number of carbonyl (C=O) groups is 1. The molecule has 0 spiro atoms. The maximum atomic E-state index is 11.8. The van der Waals surface area contributed by atoms with E-state index in [0.29, 0.717) is 12.1 Å². The fourth-order valence-electron chi connectivity index (χ4n) is 1.51. The molecule has 3 N–H and O–H groups in total. The predicted molar refractivity (Wildman–Crippen MR) is 66.4 cm³/mol. The second kappa shape index (κ2) is 6.28. The highest BCUT2D eigenvalue weighted by Crippen LogP contribution is 2.04. The second-order valence-corrected chi connectivity index (χ2v) is 4.17. The Labute approximate surface area is 97.0 Å². The summed E-state index contributed by atoms with van der Waals surface area (Å²) in [5, 5.41) is 2.96. The van der Waals surface area contributed by atoms with Crippen molar-refractivity contribution >= 4 is 5.91 Å². The van der Waals surface area contributed by atoms with E-state index < -0.39 is 0 Å². The topological polar surface area (TPSA) is 55.1 Å². The van der Waals surface area contributed by atoms with Crippen LogP contribution in [0.2, 0.25) is 0 Å². The summed E-state index contributed by atoms with van der Waals surface area (Å²) in [4.78, 5) is 11.8. The number of nitrogens with one attached hydrogen (secondary N) is 1. The molecule has 3 heteroatoms. The Kier molecular flexibility index (Phi) is 4.99. The average molecular weight is 220 g/mol. The maximum absolute atomic E-state index is 11.8. The van der Waals surface area contributed by atoms with Crippen LogP contribution in [-0.4, -0.2) is 18.5 Å². The largest absolute Gasteiger partial charge is 0.350 e. The van der Waals surface area contributed by atoms with Crippen LogP contribution < -0.4 is 11.1 Å². The minimum Gasteiger partial charge on any atom is -0.350 e. The third kappa shape index (κ3) is 4.03.